The molecule has 0 radical (unpaired) electrons. The average molecular weight is 465 g/mol. The summed E-state index contributed by atoms with van der Waals surface area (Å²) in [5, 5.41) is 0. The van der Waals surface area contributed by atoms with Gasteiger partial charge in [0, 0.05) is 0 Å². The van der Waals surface area contributed by atoms with Crippen LogP contribution in [0.2, 0.25) is 0 Å². The van der Waals surface area contributed by atoms with E-state index in [1.165, 1.54) is 30.4 Å². The Morgan fingerprint density at radius 2 is 2.00 bits per heavy atom. The molecule has 0 spiro atoms. The van der Waals surface area contributed by atoms with E-state index in [9.17, 15) is 4.79 Å². The van der Waals surface area contributed by atoms with Crippen LogP contribution in [0.3, 0.4) is 0 Å². The van der Waals surface area contributed by atoms with Gasteiger partial charge in [0.25, 0.3) is 0 Å². The van der Waals surface area contributed by atoms with Crippen molar-refractivity contribution in [2.45, 2.75) is 30.7 Å². The molecule has 0 unspecified atom stereocenters. The normalized spacial score (nSPS) is 20.3. The first-order valence-corrected chi connectivity index (χ1v) is 14.2. The number of amides is 1. The summed E-state index contributed by atoms with van der Waals surface area (Å²) in [6.07, 6.45) is 3.68. The summed E-state index contributed by atoms with van der Waals surface area (Å²) in [5.41, 5.74) is 4.06. The molecule has 132 valence electrons. The van der Waals surface area contributed by atoms with Crippen LogP contribution in [0.1, 0.15) is 29.7 Å². The molecule has 2 aliphatic rings. The van der Waals surface area contributed by atoms with Gasteiger partial charge in [-0.15, -0.1) is 0 Å². The van der Waals surface area contributed by atoms with Gasteiger partial charge in [0.05, 0.1) is 0 Å². The molecule has 2 nitrogen and oxygen atoms in total. The molecule has 2 aromatic carbocycles. The van der Waals surface area contributed by atoms with Crippen molar-refractivity contribution in [2.75, 3.05) is 21.7 Å². The molecule has 0 saturated carbocycles. The first kappa shape index (κ1) is 17.4. The molecule has 2 heterocycles. The number of nitrogens with zero attached hydrogens (tertiary/aromatic N) is 1. The van der Waals surface area contributed by atoms with E-state index in [1.54, 1.807) is 15.3 Å². The van der Waals surface area contributed by atoms with E-state index >= 15 is 0 Å². The molecular weight excluding hydrogens is 441 g/mol. The topological polar surface area (TPSA) is 20.3 Å². The van der Waals surface area contributed by atoms with Crippen molar-refractivity contribution in [3.05, 3.63) is 62.7 Å². The van der Waals surface area contributed by atoms with Gasteiger partial charge in [-0.3, -0.25) is 0 Å². The van der Waals surface area contributed by atoms with Crippen LogP contribution in [0.15, 0.2) is 47.4 Å². The first-order valence-electron chi connectivity index (χ1n) is 8.84. The van der Waals surface area contributed by atoms with E-state index in [1.807, 2.05) is 0 Å². The van der Waals surface area contributed by atoms with Gasteiger partial charge in [-0.25, -0.2) is 0 Å². The van der Waals surface area contributed by atoms with Crippen molar-refractivity contribution in [2.24, 2.45) is 0 Å². The Balaban J connectivity index is 1.59. The summed E-state index contributed by atoms with van der Waals surface area (Å²) in [4.78, 5) is 16.6. The molecule has 2 aliphatic heterocycles. The second-order valence-electron chi connectivity index (χ2n) is 6.64. The second-order valence-corrected chi connectivity index (χ2v) is 13.4. The minimum absolute atomic E-state index is 0.182. The molecule has 1 amide bonds. The van der Waals surface area contributed by atoms with Gasteiger partial charge in [-0.05, 0) is 0 Å². The maximum absolute atomic E-state index is 13.2. The van der Waals surface area contributed by atoms with E-state index in [0.29, 0.717) is 12.3 Å². The van der Waals surface area contributed by atoms with Crippen molar-refractivity contribution < 1.29 is 4.79 Å². The third-order valence-electron chi connectivity index (χ3n) is 5.20. The zero-order valence-electron chi connectivity index (χ0n) is 14.8. The van der Waals surface area contributed by atoms with Gasteiger partial charge >= 0.3 is 162 Å². The molecule has 25 heavy (non-hydrogen) atoms. The number of thioether (sulfide) groups is 1. The fourth-order valence-corrected chi connectivity index (χ4v) is 9.43. The summed E-state index contributed by atoms with van der Waals surface area (Å²) in [6.45, 7) is 3.02. The van der Waals surface area contributed by atoms with Crippen molar-refractivity contribution in [3.8, 4) is 0 Å². The molecule has 4 heteroatoms. The van der Waals surface area contributed by atoms with Crippen LogP contribution >= 0.6 is 31.6 Å². The van der Waals surface area contributed by atoms with Crippen LogP contribution in [0.5, 0.6) is 0 Å². The number of fused-ring (bicyclic) bond motifs is 1. The molecule has 0 bridgehead atoms. The van der Waals surface area contributed by atoms with E-state index in [4.69, 9.17) is 0 Å². The first-order chi connectivity index (χ1) is 12.2. The predicted molar refractivity (Wildman–Crippen MR) is 115 cm³/mol. The van der Waals surface area contributed by atoms with Crippen LogP contribution in [0.25, 0.3) is 0 Å². The summed E-state index contributed by atoms with van der Waals surface area (Å²) in [6, 6.07) is 15.4. The monoisotopic (exact) mass is 465 g/mol. The number of hydrogen-bond donors (Lipinski definition) is 0. The number of halogens is 1. The van der Waals surface area contributed by atoms with Crippen molar-refractivity contribution in [1.29, 1.82) is 0 Å². The molecule has 1 atom stereocenters. The molecular formula is C21H24INOS. The number of rotatable bonds is 4. The number of benzene rings is 2. The van der Waals surface area contributed by atoms with Crippen molar-refractivity contribution >= 4 is 37.5 Å². The fraction of sp³-hybridized carbons (Fsp3) is 0.381. The zero-order chi connectivity index (χ0) is 17.4. The third kappa shape index (κ3) is 3.47. The second kappa shape index (κ2) is 7.31. The van der Waals surface area contributed by atoms with Crippen LogP contribution in [0.4, 0.5) is 0 Å². The van der Waals surface area contributed by atoms with Crippen LogP contribution < -0.4 is 0 Å². The van der Waals surface area contributed by atoms with Gasteiger partial charge in [0.2, 0.25) is 0 Å². The number of hydrogen-bond acceptors (Lipinski definition) is 2. The fourth-order valence-electron chi connectivity index (χ4n) is 3.76. The van der Waals surface area contributed by atoms with E-state index < -0.39 is 19.8 Å². The van der Waals surface area contributed by atoms with Crippen LogP contribution in [-0.4, -0.2) is 32.5 Å². The Hall–Kier alpha value is -1.01. The van der Waals surface area contributed by atoms with E-state index in [-0.39, 0.29) is 6.04 Å². The minimum atomic E-state index is -0.894. The van der Waals surface area contributed by atoms with Crippen LogP contribution in [0, 0.1) is 3.57 Å². The van der Waals surface area contributed by atoms with Gasteiger partial charge in [0.1, 0.15) is 0 Å². The molecule has 0 N–H and O–H groups in total. The average Bonchev–Trinajstić information content (AvgIpc) is 3.47. The van der Waals surface area contributed by atoms with Gasteiger partial charge < -0.3 is 0 Å². The Labute approximate surface area is 161 Å². The maximum atomic E-state index is 13.2. The quantitative estimate of drug-likeness (QED) is 0.368. The SMILES string of the molecule is CSc1cccc(I2CC2)c1CC(=O)N1CCc2ccccc2[C@@H]1C. The zero-order valence-corrected chi connectivity index (χ0v) is 17.8. The molecule has 2 aromatic rings. The van der Waals surface area contributed by atoms with Gasteiger partial charge in [0.15, 0.2) is 0 Å². The molecule has 4 rings (SSSR count). The summed E-state index contributed by atoms with van der Waals surface area (Å²) in [7, 11) is 0. The van der Waals surface area contributed by atoms with Crippen molar-refractivity contribution in [3.63, 3.8) is 0 Å². The Morgan fingerprint density at radius 3 is 2.76 bits per heavy atom. The third-order valence-corrected chi connectivity index (χ3v) is 10.8. The predicted octanol–water partition coefficient (Wildman–Crippen LogP) is 4.79. The number of carbonyl (C=O) groups is 1. The number of alkyl halides is 2. The summed E-state index contributed by atoms with van der Waals surface area (Å²) >= 11 is 0.893. The Morgan fingerprint density at radius 1 is 1.20 bits per heavy atom. The number of carbonyl (C=O) groups excluding carboxylic acids is 1. The Kier molecular flexibility index (Phi) is 5.09. The van der Waals surface area contributed by atoms with E-state index in [2.05, 4.69) is 60.5 Å². The van der Waals surface area contributed by atoms with Crippen LogP contribution in [-0.2, 0) is 17.6 Å². The van der Waals surface area contributed by atoms with Gasteiger partial charge in [-0.2, -0.15) is 0 Å². The van der Waals surface area contributed by atoms with Crippen molar-refractivity contribution in [1.82, 2.24) is 4.90 Å². The summed E-state index contributed by atoms with van der Waals surface area (Å²) < 4.78 is 4.42. The molecule has 0 aromatic heterocycles. The Bertz CT molecular complexity index is 802. The molecule has 1 saturated heterocycles. The molecule has 0 aliphatic carbocycles. The summed E-state index contributed by atoms with van der Waals surface area (Å²) in [5.74, 6) is 0.294. The van der Waals surface area contributed by atoms with Gasteiger partial charge in [-0.1, -0.05) is 0 Å². The van der Waals surface area contributed by atoms with E-state index in [0.717, 1.165) is 13.0 Å². The molecule has 1 fully saturated rings. The standard InChI is InChI=1S/C21H24INOS/c1-15-17-7-4-3-6-16(17)10-13-23(15)21(24)14-18-19(22-11-12-22)8-5-9-20(18)25-2/h3-9,15H,10-14H2,1-2H3/t15-/m0/s1.